The van der Waals surface area contributed by atoms with E-state index in [-0.39, 0.29) is 5.69 Å². The second-order valence-electron chi connectivity index (χ2n) is 4.41. The molecule has 0 saturated carbocycles. The molecule has 1 heterocycles. The third kappa shape index (κ3) is 1.73. The van der Waals surface area contributed by atoms with Crippen LogP contribution in [0.1, 0.15) is 5.56 Å². The van der Waals surface area contributed by atoms with E-state index in [9.17, 15) is 4.79 Å². The number of methoxy groups -OCH3 is 1. The quantitative estimate of drug-likeness (QED) is 0.764. The molecule has 0 radical (unpaired) electrons. The Morgan fingerprint density at radius 3 is 2.68 bits per heavy atom. The van der Waals surface area contributed by atoms with Crippen molar-refractivity contribution in [2.75, 3.05) is 7.11 Å². The van der Waals surface area contributed by atoms with Gasteiger partial charge in [0, 0.05) is 0 Å². The van der Waals surface area contributed by atoms with Gasteiger partial charge >= 0.3 is 5.69 Å². The van der Waals surface area contributed by atoms with Crippen LogP contribution in [0.25, 0.3) is 16.7 Å². The van der Waals surface area contributed by atoms with Crippen molar-refractivity contribution in [1.82, 2.24) is 9.55 Å². The maximum absolute atomic E-state index is 12.2. The van der Waals surface area contributed by atoms with Gasteiger partial charge in [-0.1, -0.05) is 24.3 Å². The Labute approximate surface area is 110 Å². The van der Waals surface area contributed by atoms with Gasteiger partial charge in [0.15, 0.2) is 0 Å². The van der Waals surface area contributed by atoms with Crippen molar-refractivity contribution in [2.45, 2.75) is 6.92 Å². The van der Waals surface area contributed by atoms with Crippen LogP contribution in [-0.2, 0) is 0 Å². The number of benzene rings is 2. The van der Waals surface area contributed by atoms with E-state index in [1.165, 1.54) is 0 Å². The Morgan fingerprint density at radius 2 is 1.89 bits per heavy atom. The van der Waals surface area contributed by atoms with Gasteiger partial charge in [0.05, 0.1) is 23.8 Å². The fraction of sp³-hybridized carbons (Fsp3) is 0.133. The first-order chi connectivity index (χ1) is 9.22. The summed E-state index contributed by atoms with van der Waals surface area (Å²) < 4.78 is 7.00. The summed E-state index contributed by atoms with van der Waals surface area (Å²) in [5, 5.41) is 0. The van der Waals surface area contributed by atoms with E-state index >= 15 is 0 Å². The summed E-state index contributed by atoms with van der Waals surface area (Å²) in [7, 11) is 1.60. The summed E-state index contributed by atoms with van der Waals surface area (Å²) in [5.74, 6) is 0.675. The highest BCUT2D eigenvalue weighted by atomic mass is 16.5. The smallest absolute Gasteiger partial charge is 0.331 e. The number of imidazole rings is 1. The average molecular weight is 254 g/mol. The van der Waals surface area contributed by atoms with Crippen LogP contribution in [0, 0.1) is 6.92 Å². The van der Waals surface area contributed by atoms with Gasteiger partial charge in [-0.15, -0.1) is 0 Å². The van der Waals surface area contributed by atoms with Gasteiger partial charge in [0.25, 0.3) is 0 Å². The fourth-order valence-electron chi connectivity index (χ4n) is 2.37. The highest BCUT2D eigenvalue weighted by Crippen LogP contribution is 2.25. The van der Waals surface area contributed by atoms with E-state index in [1.54, 1.807) is 11.7 Å². The summed E-state index contributed by atoms with van der Waals surface area (Å²) in [4.78, 5) is 15.1. The van der Waals surface area contributed by atoms with Gasteiger partial charge < -0.3 is 9.72 Å². The summed E-state index contributed by atoms with van der Waals surface area (Å²) >= 11 is 0. The molecule has 0 amide bonds. The zero-order valence-corrected chi connectivity index (χ0v) is 10.8. The molecule has 0 unspecified atom stereocenters. The first-order valence-corrected chi connectivity index (χ1v) is 6.06. The van der Waals surface area contributed by atoms with E-state index in [4.69, 9.17) is 4.74 Å². The standard InChI is InChI=1S/C15H14N2O2/c1-10-6-5-7-11-14(10)17(15(18)16-11)12-8-3-4-9-13(12)19-2/h3-9H,1-2H3,(H,16,18). The Hall–Kier alpha value is -2.49. The SMILES string of the molecule is COc1ccccc1-n1c(=O)[nH]c2cccc(C)c21. The second-order valence-corrected chi connectivity index (χ2v) is 4.41. The number of rotatable bonds is 2. The molecule has 0 bridgehead atoms. The van der Waals surface area contributed by atoms with Gasteiger partial charge in [-0.25, -0.2) is 4.79 Å². The van der Waals surface area contributed by atoms with Crippen molar-refractivity contribution in [2.24, 2.45) is 0 Å². The van der Waals surface area contributed by atoms with Crippen LogP contribution in [0.3, 0.4) is 0 Å². The van der Waals surface area contributed by atoms with Crippen LogP contribution < -0.4 is 10.4 Å². The van der Waals surface area contributed by atoms with Crippen LogP contribution in [0.5, 0.6) is 5.75 Å². The molecule has 1 aromatic heterocycles. The van der Waals surface area contributed by atoms with Crippen molar-refractivity contribution in [3.05, 3.63) is 58.5 Å². The van der Waals surface area contributed by atoms with E-state index < -0.39 is 0 Å². The number of nitrogens with zero attached hydrogens (tertiary/aromatic N) is 1. The summed E-state index contributed by atoms with van der Waals surface area (Å²) in [5.41, 5.74) is 3.35. The highest BCUT2D eigenvalue weighted by molar-refractivity contribution is 5.81. The molecule has 3 aromatic rings. The molecule has 0 saturated heterocycles. The molecule has 0 spiro atoms. The molecule has 96 valence electrons. The number of para-hydroxylation sites is 3. The van der Waals surface area contributed by atoms with Gasteiger partial charge in [-0.3, -0.25) is 4.57 Å². The minimum Gasteiger partial charge on any atom is -0.495 e. The molecule has 1 N–H and O–H groups in total. The van der Waals surface area contributed by atoms with Gasteiger partial charge in [-0.05, 0) is 30.7 Å². The molecular formula is C15H14N2O2. The minimum absolute atomic E-state index is 0.159. The van der Waals surface area contributed by atoms with Gasteiger partial charge in [-0.2, -0.15) is 0 Å². The number of nitrogens with one attached hydrogen (secondary N) is 1. The predicted molar refractivity (Wildman–Crippen MR) is 75.2 cm³/mol. The number of aryl methyl sites for hydroxylation is 1. The van der Waals surface area contributed by atoms with Gasteiger partial charge in [0.2, 0.25) is 0 Å². The summed E-state index contributed by atoms with van der Waals surface area (Å²) in [6.45, 7) is 1.99. The number of fused-ring (bicyclic) bond motifs is 1. The maximum Gasteiger partial charge on any atom is 0.331 e. The average Bonchev–Trinajstić information content (AvgIpc) is 2.76. The molecule has 3 rings (SSSR count). The summed E-state index contributed by atoms with van der Waals surface area (Å²) in [6.07, 6.45) is 0. The third-order valence-electron chi connectivity index (χ3n) is 3.23. The van der Waals surface area contributed by atoms with Crippen LogP contribution in [0.2, 0.25) is 0 Å². The predicted octanol–water partition coefficient (Wildman–Crippen LogP) is 2.64. The number of aromatic nitrogens is 2. The highest BCUT2D eigenvalue weighted by Gasteiger charge is 2.13. The maximum atomic E-state index is 12.2. The molecule has 2 aromatic carbocycles. The first-order valence-electron chi connectivity index (χ1n) is 6.06. The molecule has 0 fully saturated rings. The molecular weight excluding hydrogens is 240 g/mol. The molecule has 0 atom stereocenters. The number of aromatic amines is 1. The summed E-state index contributed by atoms with van der Waals surface area (Å²) in [6, 6.07) is 13.3. The monoisotopic (exact) mass is 254 g/mol. The number of ether oxygens (including phenoxy) is 1. The fourth-order valence-corrected chi connectivity index (χ4v) is 2.37. The van der Waals surface area contributed by atoms with E-state index in [0.717, 1.165) is 22.3 Å². The Bertz CT molecular complexity index is 799. The zero-order valence-electron chi connectivity index (χ0n) is 10.8. The van der Waals surface area contributed by atoms with Crippen LogP contribution >= 0.6 is 0 Å². The lowest BCUT2D eigenvalue weighted by Gasteiger charge is -2.10. The normalized spacial score (nSPS) is 10.8. The van der Waals surface area contributed by atoms with E-state index in [1.807, 2.05) is 49.4 Å². The lowest BCUT2D eigenvalue weighted by atomic mass is 10.2. The van der Waals surface area contributed by atoms with Crippen molar-refractivity contribution in [3.63, 3.8) is 0 Å². The van der Waals surface area contributed by atoms with Crippen LogP contribution in [-0.4, -0.2) is 16.7 Å². The minimum atomic E-state index is -0.159. The number of H-pyrrole nitrogens is 1. The Kier molecular flexibility index (Phi) is 2.63. The second kappa shape index (κ2) is 4.31. The van der Waals surface area contributed by atoms with E-state index in [0.29, 0.717) is 5.75 Å². The number of hydrogen-bond donors (Lipinski definition) is 1. The third-order valence-corrected chi connectivity index (χ3v) is 3.23. The molecule has 19 heavy (non-hydrogen) atoms. The van der Waals surface area contributed by atoms with Crippen molar-refractivity contribution in [3.8, 4) is 11.4 Å². The van der Waals surface area contributed by atoms with Crippen LogP contribution in [0.15, 0.2) is 47.3 Å². The molecule has 0 aliphatic carbocycles. The lowest BCUT2D eigenvalue weighted by Crippen LogP contribution is -2.15. The van der Waals surface area contributed by atoms with Crippen molar-refractivity contribution in [1.29, 1.82) is 0 Å². The molecule has 0 aliphatic heterocycles. The number of hydrogen-bond acceptors (Lipinski definition) is 2. The Morgan fingerprint density at radius 1 is 1.11 bits per heavy atom. The topological polar surface area (TPSA) is 47.0 Å². The molecule has 4 heteroatoms. The largest absolute Gasteiger partial charge is 0.495 e. The van der Waals surface area contributed by atoms with Crippen molar-refractivity contribution < 1.29 is 4.74 Å². The lowest BCUT2D eigenvalue weighted by molar-refractivity contribution is 0.413. The molecule has 0 aliphatic rings. The molecule has 4 nitrogen and oxygen atoms in total. The zero-order chi connectivity index (χ0) is 13.4. The van der Waals surface area contributed by atoms with Gasteiger partial charge in [0.1, 0.15) is 5.75 Å². The Balaban J connectivity index is 2.43. The van der Waals surface area contributed by atoms with Crippen LogP contribution in [0.4, 0.5) is 0 Å². The van der Waals surface area contributed by atoms with E-state index in [2.05, 4.69) is 4.98 Å². The first kappa shape index (κ1) is 11.6. The van der Waals surface area contributed by atoms with Crippen molar-refractivity contribution >= 4 is 11.0 Å².